The van der Waals surface area contributed by atoms with E-state index >= 15 is 0 Å². The van der Waals surface area contributed by atoms with Crippen LogP contribution in [0.4, 0.5) is 0 Å². The van der Waals surface area contributed by atoms with E-state index in [-0.39, 0.29) is 52.8 Å². The van der Waals surface area contributed by atoms with Crippen LogP contribution in [0.25, 0.3) is 0 Å². The van der Waals surface area contributed by atoms with Gasteiger partial charge < -0.3 is 15.3 Å². The Bertz CT molecular complexity index is 983. The van der Waals surface area contributed by atoms with Crippen LogP contribution in [0.1, 0.15) is 99.3 Å². The summed E-state index contributed by atoms with van der Waals surface area (Å²) in [6.45, 7) is 13.3. The zero-order valence-electron chi connectivity index (χ0n) is 22.6. The lowest BCUT2D eigenvalue weighted by Gasteiger charge is -2.70. The molecule has 0 aromatic heterocycles. The van der Waals surface area contributed by atoms with E-state index in [1.807, 2.05) is 6.92 Å². The maximum atomic E-state index is 13.7. The van der Waals surface area contributed by atoms with Gasteiger partial charge in [0.05, 0.1) is 18.1 Å². The maximum absolute atomic E-state index is 13.7. The number of hydrogen-bond acceptors (Lipinski definition) is 4. The molecule has 0 saturated heterocycles. The van der Waals surface area contributed by atoms with Gasteiger partial charge in [-0.1, -0.05) is 53.2 Å². The van der Waals surface area contributed by atoms with Gasteiger partial charge in [0.2, 0.25) is 0 Å². The highest BCUT2D eigenvalue weighted by Crippen LogP contribution is 2.75. The van der Waals surface area contributed by atoms with Crippen LogP contribution in [0.5, 0.6) is 0 Å². The Hall–Kier alpha value is -1.20. The first-order chi connectivity index (χ1) is 16.1. The molecule has 4 saturated carbocycles. The number of aliphatic hydroxyl groups excluding tert-OH is 2. The predicted molar refractivity (Wildman–Crippen MR) is 134 cm³/mol. The van der Waals surface area contributed by atoms with Crippen LogP contribution in [0.2, 0.25) is 0 Å². The quantitative estimate of drug-likeness (QED) is 0.455. The molecular weight excluding hydrogens is 440 g/mol. The summed E-state index contributed by atoms with van der Waals surface area (Å²) in [7, 11) is 0. The molecule has 0 aromatic carbocycles. The largest absolute Gasteiger partial charge is 0.481 e. The van der Waals surface area contributed by atoms with Crippen LogP contribution in [0.3, 0.4) is 0 Å². The number of carbonyl (C=O) groups excluding carboxylic acids is 1. The summed E-state index contributed by atoms with van der Waals surface area (Å²) >= 11 is 0. The molecule has 0 aromatic rings. The molecule has 5 rings (SSSR count). The molecule has 0 spiro atoms. The van der Waals surface area contributed by atoms with E-state index in [0.29, 0.717) is 6.42 Å². The van der Waals surface area contributed by atoms with Gasteiger partial charge in [-0.3, -0.25) is 9.59 Å². The van der Waals surface area contributed by atoms with Gasteiger partial charge >= 0.3 is 5.97 Å². The zero-order chi connectivity index (χ0) is 25.8. The van der Waals surface area contributed by atoms with E-state index < -0.39 is 28.3 Å². The van der Waals surface area contributed by atoms with Gasteiger partial charge in [-0.05, 0) is 85.4 Å². The topological polar surface area (TPSA) is 94.8 Å². The number of rotatable bonds is 2. The fourth-order valence-electron chi connectivity index (χ4n) is 10.4. The second-order valence-electron chi connectivity index (χ2n) is 14.8. The van der Waals surface area contributed by atoms with Crippen molar-refractivity contribution in [2.24, 2.45) is 50.2 Å². The lowest BCUT2D eigenvalue weighted by atomic mass is 9.33. The van der Waals surface area contributed by atoms with Gasteiger partial charge in [0.15, 0.2) is 0 Å². The first-order valence-corrected chi connectivity index (χ1v) is 13.9. The smallest absolute Gasteiger partial charge is 0.310 e. The third kappa shape index (κ3) is 2.94. The Labute approximate surface area is 210 Å². The van der Waals surface area contributed by atoms with Crippen molar-refractivity contribution in [3.63, 3.8) is 0 Å². The number of Topliss-reactive ketones (excluding diaryl/α,β-unsaturated/α-hetero) is 1. The first-order valence-electron chi connectivity index (χ1n) is 13.9. The second kappa shape index (κ2) is 7.43. The van der Waals surface area contributed by atoms with Crippen molar-refractivity contribution in [1.29, 1.82) is 0 Å². The average molecular weight is 487 g/mol. The number of allylic oxidation sites excluding steroid dienone is 2. The maximum Gasteiger partial charge on any atom is 0.310 e. The monoisotopic (exact) mass is 486 g/mol. The molecule has 196 valence electrons. The lowest BCUT2D eigenvalue weighted by Crippen LogP contribution is -2.68. The van der Waals surface area contributed by atoms with Crippen LogP contribution in [0.15, 0.2) is 11.6 Å². The fourth-order valence-corrected chi connectivity index (χ4v) is 10.4. The Balaban J connectivity index is 1.63. The summed E-state index contributed by atoms with van der Waals surface area (Å²) in [6.07, 6.45) is 8.38. The molecule has 5 heteroatoms. The Morgan fingerprint density at radius 2 is 1.66 bits per heavy atom. The predicted octanol–water partition coefficient (Wildman–Crippen LogP) is 5.39. The van der Waals surface area contributed by atoms with Crippen LogP contribution in [0, 0.1) is 50.2 Å². The van der Waals surface area contributed by atoms with Gasteiger partial charge in [-0.25, -0.2) is 0 Å². The normalized spacial score (nSPS) is 52.9. The number of carbonyl (C=O) groups is 2. The van der Waals surface area contributed by atoms with Crippen molar-refractivity contribution in [1.82, 2.24) is 0 Å². The number of ketones is 1. The third-order valence-electron chi connectivity index (χ3n) is 13.1. The van der Waals surface area contributed by atoms with Crippen molar-refractivity contribution in [3.05, 3.63) is 11.6 Å². The molecule has 35 heavy (non-hydrogen) atoms. The van der Waals surface area contributed by atoms with Gasteiger partial charge in [0.25, 0.3) is 0 Å². The molecule has 0 aliphatic heterocycles. The molecule has 4 fully saturated rings. The Morgan fingerprint density at radius 3 is 2.29 bits per heavy atom. The zero-order valence-corrected chi connectivity index (χ0v) is 22.6. The number of aliphatic carboxylic acids is 1. The molecule has 0 heterocycles. The van der Waals surface area contributed by atoms with Crippen molar-refractivity contribution in [2.45, 2.75) is 105 Å². The van der Waals surface area contributed by atoms with E-state index in [2.05, 4.69) is 40.7 Å². The molecule has 9 atom stereocenters. The van der Waals surface area contributed by atoms with E-state index in [0.717, 1.165) is 44.9 Å². The fraction of sp³-hybridized carbons (Fsp3) is 0.867. The molecule has 0 unspecified atom stereocenters. The van der Waals surface area contributed by atoms with Crippen molar-refractivity contribution < 1.29 is 24.9 Å². The Kier molecular flexibility index (Phi) is 5.40. The number of carboxylic acids is 1. The minimum absolute atomic E-state index is 0.0526. The molecule has 0 amide bonds. The van der Waals surface area contributed by atoms with Gasteiger partial charge in [0.1, 0.15) is 5.78 Å². The highest BCUT2D eigenvalue weighted by atomic mass is 16.4. The number of carboxylic acid groups (broad SMARTS) is 1. The molecule has 5 aliphatic rings. The van der Waals surface area contributed by atoms with E-state index in [1.165, 1.54) is 5.57 Å². The van der Waals surface area contributed by atoms with Crippen molar-refractivity contribution in [2.75, 3.05) is 6.61 Å². The van der Waals surface area contributed by atoms with Crippen LogP contribution >= 0.6 is 0 Å². The van der Waals surface area contributed by atoms with Crippen LogP contribution in [-0.2, 0) is 9.59 Å². The number of fused-ring (bicyclic) bond motifs is 7. The summed E-state index contributed by atoms with van der Waals surface area (Å²) in [5.74, 6) is -0.353. The molecule has 0 radical (unpaired) electrons. The molecule has 5 aliphatic carbocycles. The third-order valence-corrected chi connectivity index (χ3v) is 13.1. The summed E-state index contributed by atoms with van der Waals surface area (Å²) in [5.41, 5.74) is -0.716. The highest BCUT2D eigenvalue weighted by molar-refractivity contribution is 5.87. The Morgan fingerprint density at radius 1 is 1.00 bits per heavy atom. The summed E-state index contributed by atoms with van der Waals surface area (Å²) in [4.78, 5) is 26.5. The van der Waals surface area contributed by atoms with Crippen molar-refractivity contribution >= 4 is 11.8 Å². The highest BCUT2D eigenvalue weighted by Gasteiger charge is 2.71. The van der Waals surface area contributed by atoms with E-state index in [4.69, 9.17) is 0 Å². The lowest BCUT2D eigenvalue weighted by molar-refractivity contribution is -0.211. The van der Waals surface area contributed by atoms with E-state index in [1.54, 1.807) is 0 Å². The first kappa shape index (κ1) is 25.4. The SMILES string of the molecule is CC1(C)CC[C@]2(C(=O)O)CC[C@]3(C)C(=CC[C@@H]4[C@@]5(C)C(=O)C[C@H](O)[C@@](C)(CO)[C@@H]5CC[C@]43C)[C@@H]2C1. The van der Waals surface area contributed by atoms with Gasteiger partial charge in [-0.15, -0.1) is 0 Å². The summed E-state index contributed by atoms with van der Waals surface area (Å²) in [5, 5.41) is 31.7. The van der Waals surface area contributed by atoms with Crippen molar-refractivity contribution in [3.8, 4) is 0 Å². The summed E-state index contributed by atoms with van der Waals surface area (Å²) in [6, 6.07) is 0. The number of aliphatic hydroxyl groups is 2. The minimum Gasteiger partial charge on any atom is -0.481 e. The van der Waals surface area contributed by atoms with Gasteiger partial charge in [-0.2, -0.15) is 0 Å². The molecular formula is C30H46O5. The molecule has 0 bridgehead atoms. The molecule has 5 nitrogen and oxygen atoms in total. The standard InChI is InChI=1S/C30H46O5/c1-25(2)11-13-30(24(34)35)14-12-27(4)18(19(30)16-25)7-8-21-28(27,5)10-9-20-26(3,17-31)22(32)15-23(33)29(20,21)6/h7,19-22,31-32H,8-17H2,1-6H3,(H,34,35)/t19-,20-,21-,22-,26-,27+,28+,29-,30-/m0/s1. The minimum atomic E-state index is -0.803. The summed E-state index contributed by atoms with van der Waals surface area (Å²) < 4.78 is 0. The van der Waals surface area contributed by atoms with Crippen LogP contribution < -0.4 is 0 Å². The average Bonchev–Trinajstić information content (AvgIpc) is 2.77. The van der Waals surface area contributed by atoms with Gasteiger partial charge in [0, 0.05) is 17.3 Å². The van der Waals surface area contributed by atoms with Crippen LogP contribution in [-0.4, -0.2) is 39.8 Å². The second-order valence-corrected chi connectivity index (χ2v) is 14.8. The number of hydrogen-bond donors (Lipinski definition) is 3. The van der Waals surface area contributed by atoms with E-state index in [9.17, 15) is 24.9 Å². The molecule has 3 N–H and O–H groups in total.